The van der Waals surface area contributed by atoms with Crippen LogP contribution in [0.1, 0.15) is 20.8 Å². The van der Waals surface area contributed by atoms with Crippen molar-refractivity contribution in [2.45, 2.75) is 20.8 Å². The molecular weight excluding hydrogens is 544 g/mol. The molecule has 0 unspecified atom stereocenters. The van der Waals surface area contributed by atoms with Crippen molar-refractivity contribution in [2.75, 3.05) is 152 Å². The molecule has 0 fully saturated rings. The van der Waals surface area contributed by atoms with E-state index < -0.39 is 0 Å². The van der Waals surface area contributed by atoms with E-state index in [0.717, 1.165) is 0 Å². The Morgan fingerprint density at radius 1 is 0.415 bits per heavy atom. The molecular formula is C28H56O13. The summed E-state index contributed by atoms with van der Waals surface area (Å²) in [6.45, 7) is 17.0. The third-order valence-electron chi connectivity index (χ3n) is 4.72. The molecule has 0 aliphatic heterocycles. The predicted molar refractivity (Wildman–Crippen MR) is 150 cm³/mol. The molecule has 246 valence electrons. The Morgan fingerprint density at radius 3 is 0.902 bits per heavy atom. The maximum absolute atomic E-state index is 11.4. The molecule has 0 aromatic rings. The number of esters is 1. The summed E-state index contributed by atoms with van der Waals surface area (Å²) >= 11 is 0. The number of carbonyl (C=O) groups is 1. The molecule has 0 heterocycles. The monoisotopic (exact) mass is 600 g/mol. The van der Waals surface area contributed by atoms with E-state index in [1.54, 1.807) is 0 Å². The maximum Gasteiger partial charge on any atom is 0.332 e. The summed E-state index contributed by atoms with van der Waals surface area (Å²) in [7, 11) is 0. The van der Waals surface area contributed by atoms with Crippen LogP contribution in [-0.4, -0.2) is 158 Å². The summed E-state index contributed by atoms with van der Waals surface area (Å²) in [6.07, 6.45) is 0. The third kappa shape index (κ3) is 37.0. The average Bonchev–Trinajstić information content (AvgIpc) is 2.96. The lowest BCUT2D eigenvalue weighted by atomic mass is 10.2. The van der Waals surface area contributed by atoms with Crippen LogP contribution in [0.5, 0.6) is 0 Å². The highest BCUT2D eigenvalue weighted by atomic mass is 16.6. The highest BCUT2D eigenvalue weighted by Crippen LogP contribution is 1.93. The molecule has 0 aliphatic rings. The fourth-order valence-corrected chi connectivity index (χ4v) is 2.70. The highest BCUT2D eigenvalue weighted by Gasteiger charge is 2.04. The van der Waals surface area contributed by atoms with E-state index in [9.17, 15) is 4.79 Å². The highest BCUT2D eigenvalue weighted by molar-refractivity contribution is 5.70. The number of carbonyl (C=O) groups excluding carboxylic acids is 1. The van der Waals surface area contributed by atoms with Gasteiger partial charge < -0.3 is 56.8 Å². The van der Waals surface area contributed by atoms with Gasteiger partial charge in [0, 0.05) is 6.61 Å². The first-order valence-corrected chi connectivity index (χ1v) is 14.7. The smallest absolute Gasteiger partial charge is 0.332 e. The summed E-state index contributed by atoms with van der Waals surface area (Å²) in [5.41, 5.74) is 0. The molecule has 0 saturated heterocycles. The van der Waals surface area contributed by atoms with Crippen molar-refractivity contribution in [2.24, 2.45) is 5.92 Å². The molecule has 0 aromatic carbocycles. The van der Waals surface area contributed by atoms with Gasteiger partial charge in [-0.3, -0.25) is 0 Å². The van der Waals surface area contributed by atoms with Gasteiger partial charge in [-0.15, -0.1) is 0 Å². The van der Waals surface area contributed by atoms with Crippen molar-refractivity contribution in [3.05, 3.63) is 0 Å². The number of ether oxygens (including phenoxy) is 12. The summed E-state index contributed by atoms with van der Waals surface area (Å²) in [5, 5.41) is 0. The standard InChI is InChI=1S/C28H56O13/c1-4-30-5-6-31-7-8-32-9-10-33-11-12-34-13-14-35-15-16-36-17-18-37-19-20-38-21-22-39-23-24-40-26-28(29)41-25-27(2)3/h27H,4-26H2,1-3H3. The van der Waals surface area contributed by atoms with E-state index in [0.29, 0.717) is 151 Å². The van der Waals surface area contributed by atoms with Crippen LogP contribution >= 0.6 is 0 Å². The minimum absolute atomic E-state index is 0.0575. The minimum atomic E-state index is -0.356. The minimum Gasteiger partial charge on any atom is -0.464 e. The van der Waals surface area contributed by atoms with Gasteiger partial charge in [-0.1, -0.05) is 13.8 Å². The topological polar surface area (TPSA) is 128 Å². The van der Waals surface area contributed by atoms with Crippen molar-refractivity contribution < 1.29 is 61.6 Å². The van der Waals surface area contributed by atoms with Gasteiger partial charge in [0.25, 0.3) is 0 Å². The molecule has 13 nitrogen and oxygen atoms in total. The fourth-order valence-electron chi connectivity index (χ4n) is 2.70. The van der Waals surface area contributed by atoms with Crippen LogP contribution in [0.15, 0.2) is 0 Å². The molecule has 41 heavy (non-hydrogen) atoms. The van der Waals surface area contributed by atoms with Gasteiger partial charge in [-0.05, 0) is 12.8 Å². The molecule has 0 aliphatic carbocycles. The normalized spacial score (nSPS) is 11.5. The van der Waals surface area contributed by atoms with Crippen molar-refractivity contribution in [1.82, 2.24) is 0 Å². The lowest BCUT2D eigenvalue weighted by molar-refractivity contribution is -0.150. The first-order chi connectivity index (χ1) is 20.2. The lowest BCUT2D eigenvalue weighted by Crippen LogP contribution is -2.18. The summed E-state index contributed by atoms with van der Waals surface area (Å²) in [6, 6.07) is 0. The Balaban J connectivity index is 3.07. The van der Waals surface area contributed by atoms with Gasteiger partial charge >= 0.3 is 5.97 Å². The second kappa shape index (κ2) is 35.2. The van der Waals surface area contributed by atoms with E-state index in [1.165, 1.54) is 0 Å². The maximum atomic E-state index is 11.4. The van der Waals surface area contributed by atoms with Crippen LogP contribution in [0, 0.1) is 5.92 Å². The van der Waals surface area contributed by atoms with Gasteiger partial charge in [0.1, 0.15) is 6.61 Å². The van der Waals surface area contributed by atoms with Crippen LogP contribution in [0.2, 0.25) is 0 Å². The summed E-state index contributed by atoms with van der Waals surface area (Å²) in [4.78, 5) is 11.4. The number of hydrogen-bond acceptors (Lipinski definition) is 13. The molecule has 0 spiro atoms. The second-order valence-electron chi connectivity index (χ2n) is 8.84. The molecule has 0 saturated carbocycles. The van der Waals surface area contributed by atoms with Crippen molar-refractivity contribution in [1.29, 1.82) is 0 Å². The van der Waals surface area contributed by atoms with Gasteiger partial charge in [-0.25, -0.2) is 4.79 Å². The SMILES string of the molecule is CCOCCOCCOCCOCCOCCOCCOCCOCCOCCOCCOCC(=O)OCC(C)C. The van der Waals surface area contributed by atoms with E-state index >= 15 is 0 Å². The molecule has 0 bridgehead atoms. The summed E-state index contributed by atoms with van der Waals surface area (Å²) < 4.78 is 64.2. The third-order valence-corrected chi connectivity index (χ3v) is 4.72. The fraction of sp³-hybridized carbons (Fsp3) is 0.964. The van der Waals surface area contributed by atoms with E-state index in [-0.39, 0.29) is 12.6 Å². The Kier molecular flexibility index (Phi) is 34.4. The number of hydrogen-bond donors (Lipinski definition) is 0. The van der Waals surface area contributed by atoms with Crippen LogP contribution < -0.4 is 0 Å². The zero-order valence-corrected chi connectivity index (χ0v) is 25.6. The summed E-state index contributed by atoms with van der Waals surface area (Å²) in [5.74, 6) is -0.0445. The van der Waals surface area contributed by atoms with Crippen molar-refractivity contribution in [3.63, 3.8) is 0 Å². The van der Waals surface area contributed by atoms with Gasteiger partial charge in [-0.2, -0.15) is 0 Å². The average molecular weight is 601 g/mol. The predicted octanol–water partition coefficient (Wildman–Crippen LogP) is 1.39. The van der Waals surface area contributed by atoms with Gasteiger partial charge in [0.05, 0.1) is 139 Å². The molecule has 0 radical (unpaired) electrons. The molecule has 0 rings (SSSR count). The Hall–Kier alpha value is -0.970. The molecule has 0 amide bonds. The largest absolute Gasteiger partial charge is 0.464 e. The van der Waals surface area contributed by atoms with Crippen LogP contribution in [0.4, 0.5) is 0 Å². The van der Waals surface area contributed by atoms with Crippen LogP contribution in [0.3, 0.4) is 0 Å². The van der Waals surface area contributed by atoms with Crippen molar-refractivity contribution in [3.8, 4) is 0 Å². The van der Waals surface area contributed by atoms with Gasteiger partial charge in [0.15, 0.2) is 0 Å². The zero-order chi connectivity index (χ0) is 29.9. The Labute approximate surface area is 246 Å². The van der Waals surface area contributed by atoms with E-state index in [1.807, 2.05) is 20.8 Å². The van der Waals surface area contributed by atoms with E-state index in [2.05, 4.69) is 0 Å². The van der Waals surface area contributed by atoms with Crippen LogP contribution in [-0.2, 0) is 61.6 Å². The molecule has 0 aromatic heterocycles. The van der Waals surface area contributed by atoms with Crippen LogP contribution in [0.25, 0.3) is 0 Å². The van der Waals surface area contributed by atoms with E-state index in [4.69, 9.17) is 56.8 Å². The number of rotatable bonds is 35. The quantitative estimate of drug-likeness (QED) is 0.0768. The van der Waals surface area contributed by atoms with Crippen molar-refractivity contribution >= 4 is 5.97 Å². The lowest BCUT2D eigenvalue weighted by Gasteiger charge is -2.09. The Morgan fingerprint density at radius 2 is 0.659 bits per heavy atom. The Bertz CT molecular complexity index is 511. The zero-order valence-electron chi connectivity index (χ0n) is 25.6. The first kappa shape index (κ1) is 40.0. The second-order valence-corrected chi connectivity index (χ2v) is 8.84. The molecule has 0 N–H and O–H groups in total. The van der Waals surface area contributed by atoms with Gasteiger partial charge in [0.2, 0.25) is 0 Å². The molecule has 13 heteroatoms. The first-order valence-electron chi connectivity index (χ1n) is 14.7. The molecule has 0 atom stereocenters.